The van der Waals surface area contributed by atoms with Crippen LogP contribution in [0, 0.1) is 0 Å². The van der Waals surface area contributed by atoms with E-state index in [-0.39, 0.29) is 0 Å². The molecule has 1 atom stereocenters. The summed E-state index contributed by atoms with van der Waals surface area (Å²) in [5.41, 5.74) is 10.8. The summed E-state index contributed by atoms with van der Waals surface area (Å²) in [6.45, 7) is 1.68. The molecule has 0 saturated carbocycles. The molecule has 102 valence electrons. The number of hydrogen-bond acceptors (Lipinski definition) is 3. The largest absolute Gasteiger partial charge is 0.467 e. The quantitative estimate of drug-likeness (QED) is 0.726. The maximum atomic E-state index is 11.8. The van der Waals surface area contributed by atoms with Crippen LogP contribution >= 0.6 is 0 Å². The summed E-state index contributed by atoms with van der Waals surface area (Å²) < 4.78 is 4.79. The normalized spacial score (nSPS) is 15.2. The molecule has 2 aromatic carbocycles. The van der Waals surface area contributed by atoms with E-state index in [1.165, 1.54) is 29.4 Å². The monoisotopic (exact) mass is 267 g/mol. The first kappa shape index (κ1) is 12.9. The van der Waals surface area contributed by atoms with E-state index >= 15 is 0 Å². The molecule has 0 aromatic heterocycles. The zero-order valence-corrected chi connectivity index (χ0v) is 11.6. The van der Waals surface area contributed by atoms with Crippen molar-refractivity contribution in [3.8, 4) is 11.1 Å². The fourth-order valence-electron chi connectivity index (χ4n) is 2.80. The second-order valence-electron chi connectivity index (χ2n) is 5.40. The molecule has 0 amide bonds. The lowest BCUT2D eigenvalue weighted by atomic mass is 9.90. The maximum absolute atomic E-state index is 11.8. The fourth-order valence-corrected chi connectivity index (χ4v) is 2.80. The predicted molar refractivity (Wildman–Crippen MR) is 78.2 cm³/mol. The Hall–Kier alpha value is -2.13. The summed E-state index contributed by atoms with van der Waals surface area (Å²) in [7, 11) is 1.36. The molecule has 1 aliphatic rings. The number of fused-ring (bicyclic) bond motifs is 3. The van der Waals surface area contributed by atoms with Crippen LogP contribution in [0.2, 0.25) is 0 Å². The summed E-state index contributed by atoms with van der Waals surface area (Å²) >= 11 is 0. The summed E-state index contributed by atoms with van der Waals surface area (Å²) in [6.07, 6.45) is 0.886. The summed E-state index contributed by atoms with van der Waals surface area (Å²) in [5, 5.41) is 0. The first-order chi connectivity index (χ1) is 9.54. The molecule has 2 N–H and O–H groups in total. The van der Waals surface area contributed by atoms with E-state index in [0.717, 1.165) is 12.0 Å². The van der Waals surface area contributed by atoms with Gasteiger partial charge in [-0.3, -0.25) is 0 Å². The van der Waals surface area contributed by atoms with E-state index in [0.29, 0.717) is 0 Å². The van der Waals surface area contributed by atoms with Crippen LogP contribution in [-0.4, -0.2) is 13.1 Å². The van der Waals surface area contributed by atoms with Crippen LogP contribution in [0.3, 0.4) is 0 Å². The number of rotatable bonds is 2. The molecule has 2 aromatic rings. The minimum atomic E-state index is -1.11. The van der Waals surface area contributed by atoms with Gasteiger partial charge in [-0.15, -0.1) is 0 Å². The number of carbonyl (C=O) groups excluding carboxylic acids is 1. The van der Waals surface area contributed by atoms with Crippen LogP contribution in [0.4, 0.5) is 0 Å². The van der Waals surface area contributed by atoms with Crippen molar-refractivity contribution in [2.24, 2.45) is 5.73 Å². The number of hydrogen-bond donors (Lipinski definition) is 1. The average Bonchev–Trinajstić information content (AvgIpc) is 2.83. The van der Waals surface area contributed by atoms with Gasteiger partial charge in [-0.05, 0) is 41.2 Å². The molecule has 1 unspecified atom stereocenters. The topological polar surface area (TPSA) is 52.3 Å². The van der Waals surface area contributed by atoms with Gasteiger partial charge >= 0.3 is 5.97 Å². The predicted octanol–water partition coefficient (Wildman–Crippen LogP) is 2.60. The number of esters is 1. The highest BCUT2D eigenvalue weighted by atomic mass is 16.5. The Labute approximate surface area is 118 Å². The molecule has 0 aliphatic heterocycles. The minimum absolute atomic E-state index is 0.423. The zero-order chi connectivity index (χ0) is 14.3. The standard InChI is InChI=1S/C17H17NO2/c1-17(18,16(19)20-2)13-7-8-15-12(10-13)9-11-5-3-4-6-14(11)15/h3-8,10H,9,18H2,1-2H3. The number of methoxy groups -OCH3 is 1. The van der Waals surface area contributed by atoms with E-state index in [1.807, 2.05) is 30.3 Å². The number of nitrogens with two attached hydrogens (primary N) is 1. The Morgan fingerprint density at radius 3 is 2.60 bits per heavy atom. The maximum Gasteiger partial charge on any atom is 0.330 e. The van der Waals surface area contributed by atoms with E-state index in [9.17, 15) is 4.79 Å². The van der Waals surface area contributed by atoms with Crippen LogP contribution in [0.25, 0.3) is 11.1 Å². The number of carbonyl (C=O) groups is 1. The van der Waals surface area contributed by atoms with Crippen LogP contribution in [0.15, 0.2) is 42.5 Å². The Bertz CT molecular complexity index is 689. The SMILES string of the molecule is COC(=O)C(C)(N)c1ccc2c(c1)Cc1ccccc1-2. The van der Waals surface area contributed by atoms with Crippen molar-refractivity contribution < 1.29 is 9.53 Å². The third-order valence-corrected chi connectivity index (χ3v) is 4.00. The Balaban J connectivity index is 2.05. The number of ether oxygens (including phenoxy) is 1. The van der Waals surface area contributed by atoms with Gasteiger partial charge in [0.05, 0.1) is 7.11 Å². The van der Waals surface area contributed by atoms with Gasteiger partial charge < -0.3 is 10.5 Å². The highest BCUT2D eigenvalue weighted by molar-refractivity contribution is 5.83. The van der Waals surface area contributed by atoms with Gasteiger partial charge in [-0.2, -0.15) is 0 Å². The van der Waals surface area contributed by atoms with E-state index < -0.39 is 11.5 Å². The molecule has 1 aliphatic carbocycles. The van der Waals surface area contributed by atoms with Crippen LogP contribution in [0.1, 0.15) is 23.6 Å². The van der Waals surface area contributed by atoms with Crippen molar-refractivity contribution in [3.63, 3.8) is 0 Å². The molecule has 0 bridgehead atoms. The lowest BCUT2D eigenvalue weighted by Gasteiger charge is -2.22. The fraction of sp³-hybridized carbons (Fsp3) is 0.235. The van der Waals surface area contributed by atoms with Crippen molar-refractivity contribution in [3.05, 3.63) is 59.2 Å². The summed E-state index contributed by atoms with van der Waals surface area (Å²) in [6, 6.07) is 14.3. The molecular weight excluding hydrogens is 250 g/mol. The summed E-state index contributed by atoms with van der Waals surface area (Å²) in [4.78, 5) is 11.8. The summed E-state index contributed by atoms with van der Waals surface area (Å²) in [5.74, 6) is -0.423. The second-order valence-corrected chi connectivity index (χ2v) is 5.40. The van der Waals surface area contributed by atoms with Gasteiger partial charge in [0.25, 0.3) is 0 Å². The van der Waals surface area contributed by atoms with Gasteiger partial charge in [0, 0.05) is 0 Å². The molecule has 3 nitrogen and oxygen atoms in total. The van der Waals surface area contributed by atoms with Crippen molar-refractivity contribution in [2.45, 2.75) is 18.9 Å². The van der Waals surface area contributed by atoms with E-state index in [2.05, 4.69) is 12.1 Å². The van der Waals surface area contributed by atoms with Gasteiger partial charge in [-0.1, -0.05) is 42.5 Å². The second kappa shape index (κ2) is 4.46. The molecule has 3 rings (SSSR count). The molecule has 0 heterocycles. The molecule has 0 saturated heterocycles. The third kappa shape index (κ3) is 1.82. The van der Waals surface area contributed by atoms with Gasteiger partial charge in [0.1, 0.15) is 5.54 Å². The Kier molecular flexibility index (Phi) is 2.87. The van der Waals surface area contributed by atoms with Crippen LogP contribution in [0.5, 0.6) is 0 Å². The van der Waals surface area contributed by atoms with Gasteiger partial charge in [0.2, 0.25) is 0 Å². The third-order valence-electron chi connectivity index (χ3n) is 4.00. The minimum Gasteiger partial charge on any atom is -0.467 e. The zero-order valence-electron chi connectivity index (χ0n) is 11.6. The lowest BCUT2D eigenvalue weighted by Crippen LogP contribution is -2.42. The highest BCUT2D eigenvalue weighted by Gasteiger charge is 2.32. The van der Waals surface area contributed by atoms with Crippen LogP contribution < -0.4 is 5.73 Å². The van der Waals surface area contributed by atoms with Crippen molar-refractivity contribution >= 4 is 5.97 Å². The van der Waals surface area contributed by atoms with E-state index in [1.54, 1.807) is 6.92 Å². The van der Waals surface area contributed by atoms with Crippen molar-refractivity contribution in [1.29, 1.82) is 0 Å². The molecule has 0 spiro atoms. The first-order valence-corrected chi connectivity index (χ1v) is 6.63. The molecule has 0 fully saturated rings. The average molecular weight is 267 g/mol. The Morgan fingerprint density at radius 2 is 1.85 bits per heavy atom. The van der Waals surface area contributed by atoms with Gasteiger partial charge in [0.15, 0.2) is 0 Å². The molecule has 0 radical (unpaired) electrons. The molecular formula is C17H17NO2. The first-order valence-electron chi connectivity index (χ1n) is 6.63. The molecule has 20 heavy (non-hydrogen) atoms. The lowest BCUT2D eigenvalue weighted by molar-refractivity contribution is -0.146. The van der Waals surface area contributed by atoms with E-state index in [4.69, 9.17) is 10.5 Å². The Morgan fingerprint density at radius 1 is 1.15 bits per heavy atom. The van der Waals surface area contributed by atoms with Gasteiger partial charge in [-0.25, -0.2) is 4.79 Å². The smallest absolute Gasteiger partial charge is 0.330 e. The highest BCUT2D eigenvalue weighted by Crippen LogP contribution is 2.38. The van der Waals surface area contributed by atoms with Crippen LogP contribution in [-0.2, 0) is 21.5 Å². The van der Waals surface area contributed by atoms with Crippen molar-refractivity contribution in [1.82, 2.24) is 0 Å². The van der Waals surface area contributed by atoms with Crippen molar-refractivity contribution in [2.75, 3.05) is 7.11 Å². The number of benzene rings is 2. The molecule has 3 heteroatoms.